The van der Waals surface area contributed by atoms with Crippen molar-refractivity contribution in [1.82, 2.24) is 0 Å². The minimum atomic E-state index is -2.56. The molecular formula is C14H12Br2ClTl. The number of benzene rings is 2. The van der Waals surface area contributed by atoms with Crippen LogP contribution in [0.15, 0.2) is 45.3 Å². The average Bonchev–Trinajstić information content (AvgIpc) is 2.28. The molecule has 92 valence electrons. The zero-order valence-electron chi connectivity index (χ0n) is 10.2. The zero-order chi connectivity index (χ0) is 13.3. The fraction of sp³-hybridized carbons (Fsp3) is 0.143. The van der Waals surface area contributed by atoms with Crippen LogP contribution in [0, 0.1) is 13.8 Å². The van der Waals surface area contributed by atoms with Crippen molar-refractivity contribution < 1.29 is 0 Å². The summed E-state index contributed by atoms with van der Waals surface area (Å²) in [5, 5.41) is 0. The topological polar surface area (TPSA) is 0 Å². The van der Waals surface area contributed by atoms with E-state index < -0.39 is 21.5 Å². The maximum absolute atomic E-state index is 6.81. The third kappa shape index (κ3) is 3.38. The van der Waals surface area contributed by atoms with Gasteiger partial charge in [0.15, 0.2) is 0 Å². The second kappa shape index (κ2) is 6.37. The molecule has 0 radical (unpaired) electrons. The number of aryl methyl sites for hydroxylation is 2. The van der Waals surface area contributed by atoms with Gasteiger partial charge in [0.25, 0.3) is 0 Å². The van der Waals surface area contributed by atoms with Gasteiger partial charge in [-0.25, -0.2) is 0 Å². The van der Waals surface area contributed by atoms with E-state index in [2.05, 4.69) is 82.1 Å². The van der Waals surface area contributed by atoms with Crippen LogP contribution in [0.5, 0.6) is 0 Å². The van der Waals surface area contributed by atoms with Crippen LogP contribution in [0.25, 0.3) is 0 Å². The Morgan fingerprint density at radius 3 is 1.56 bits per heavy atom. The minimum absolute atomic E-state index is 1.15. The molecule has 0 nitrogen and oxygen atoms in total. The summed E-state index contributed by atoms with van der Waals surface area (Å²) < 4.78 is 4.92. The summed E-state index contributed by atoms with van der Waals surface area (Å²) >= 11 is 4.72. The summed E-state index contributed by atoms with van der Waals surface area (Å²) in [6.45, 7) is 4.19. The van der Waals surface area contributed by atoms with Crippen molar-refractivity contribution in [2.24, 2.45) is 0 Å². The van der Waals surface area contributed by atoms with Gasteiger partial charge in [0.2, 0.25) is 0 Å². The molecule has 0 bridgehead atoms. The van der Waals surface area contributed by atoms with E-state index in [1.54, 1.807) is 0 Å². The van der Waals surface area contributed by atoms with Crippen LogP contribution in [0.3, 0.4) is 0 Å². The van der Waals surface area contributed by atoms with Gasteiger partial charge in [0.1, 0.15) is 0 Å². The maximum atomic E-state index is 6.81. The van der Waals surface area contributed by atoms with E-state index >= 15 is 0 Å². The third-order valence-electron chi connectivity index (χ3n) is 2.86. The first-order valence-corrected chi connectivity index (χ1v) is 17.3. The summed E-state index contributed by atoms with van der Waals surface area (Å²) in [4.78, 5) is 0. The standard InChI is InChI=1S/2C7H6Br.ClH.Tl/c2*1-6-3-2-4-7(8)5-6;;/h2*2-3,5H,1H3;1H;/q;;;+1/p-1. The van der Waals surface area contributed by atoms with E-state index in [1.807, 2.05) is 0 Å². The van der Waals surface area contributed by atoms with Crippen LogP contribution in [0.1, 0.15) is 11.1 Å². The van der Waals surface area contributed by atoms with E-state index in [-0.39, 0.29) is 0 Å². The molecule has 0 aromatic heterocycles. The van der Waals surface area contributed by atoms with Gasteiger partial charge in [0, 0.05) is 0 Å². The SMILES string of the molecule is Cc1cc[c]([Tl]([Cl])[c]2ccc(C)cc2Br)c(Br)c1. The van der Waals surface area contributed by atoms with Crippen molar-refractivity contribution in [3.63, 3.8) is 0 Å². The number of rotatable bonds is 2. The summed E-state index contributed by atoms with van der Waals surface area (Å²) in [6.07, 6.45) is 0. The first-order chi connectivity index (χ1) is 8.49. The average molecular weight is 580 g/mol. The molecule has 0 fully saturated rings. The predicted octanol–water partition coefficient (Wildman–Crippen LogP) is 4.17. The van der Waals surface area contributed by atoms with Crippen molar-refractivity contribution >= 4 is 67.9 Å². The van der Waals surface area contributed by atoms with E-state index in [0.717, 1.165) is 8.95 Å². The molecule has 0 saturated heterocycles. The molecule has 2 aromatic carbocycles. The van der Waals surface area contributed by atoms with Gasteiger partial charge in [-0.3, -0.25) is 0 Å². The molecule has 2 rings (SSSR count). The van der Waals surface area contributed by atoms with Crippen LogP contribution in [-0.4, -0.2) is 21.5 Å². The van der Waals surface area contributed by atoms with Crippen LogP contribution < -0.4 is 6.25 Å². The molecule has 0 unspecified atom stereocenters. The van der Waals surface area contributed by atoms with Gasteiger partial charge in [0.05, 0.1) is 0 Å². The molecule has 0 amide bonds. The first-order valence-electron chi connectivity index (χ1n) is 5.65. The Morgan fingerprint density at radius 2 is 1.22 bits per heavy atom. The van der Waals surface area contributed by atoms with Gasteiger partial charge >= 0.3 is 138 Å². The molecule has 0 atom stereocenters. The Hall–Kier alpha value is 0.612. The Kier molecular flexibility index (Phi) is 5.32. The molecule has 2 aromatic rings. The number of hydrogen-bond donors (Lipinski definition) is 0. The van der Waals surface area contributed by atoms with Gasteiger partial charge in [-0.1, -0.05) is 0 Å². The van der Waals surface area contributed by atoms with E-state index in [4.69, 9.17) is 8.32 Å². The molecule has 0 heterocycles. The summed E-state index contributed by atoms with van der Waals surface area (Å²) in [5.41, 5.74) is 2.51. The number of hydrogen-bond acceptors (Lipinski definition) is 0. The quantitative estimate of drug-likeness (QED) is 0.469. The fourth-order valence-electron chi connectivity index (χ4n) is 1.84. The van der Waals surface area contributed by atoms with Crippen molar-refractivity contribution in [3.8, 4) is 0 Å². The zero-order valence-corrected chi connectivity index (χ0v) is 18.6. The number of halogens is 3. The van der Waals surface area contributed by atoms with E-state index in [1.165, 1.54) is 17.4 Å². The van der Waals surface area contributed by atoms with Crippen LogP contribution in [-0.2, 0) is 0 Å². The molecule has 18 heavy (non-hydrogen) atoms. The normalized spacial score (nSPS) is 10.5. The third-order valence-corrected chi connectivity index (χ3v) is 19.8. The Balaban J connectivity index is 2.44. The Morgan fingerprint density at radius 1 is 0.833 bits per heavy atom. The predicted molar refractivity (Wildman–Crippen MR) is 88.6 cm³/mol. The van der Waals surface area contributed by atoms with Gasteiger partial charge in [-0.05, 0) is 0 Å². The molecule has 0 aliphatic rings. The van der Waals surface area contributed by atoms with E-state index in [0.29, 0.717) is 0 Å². The van der Waals surface area contributed by atoms with E-state index in [9.17, 15) is 0 Å². The Bertz CT molecular complexity index is 533. The molecular weight excluding hydrogens is 568 g/mol. The summed E-state index contributed by atoms with van der Waals surface area (Å²) in [5.74, 6) is 0. The van der Waals surface area contributed by atoms with Crippen molar-refractivity contribution in [1.29, 1.82) is 0 Å². The van der Waals surface area contributed by atoms with Gasteiger partial charge in [-0.2, -0.15) is 0 Å². The second-order valence-electron chi connectivity index (χ2n) is 4.41. The van der Waals surface area contributed by atoms with Gasteiger partial charge in [-0.15, -0.1) is 0 Å². The van der Waals surface area contributed by atoms with Gasteiger partial charge < -0.3 is 0 Å². The van der Waals surface area contributed by atoms with Crippen molar-refractivity contribution in [3.05, 3.63) is 56.5 Å². The van der Waals surface area contributed by atoms with Crippen molar-refractivity contribution in [2.45, 2.75) is 13.8 Å². The second-order valence-corrected chi connectivity index (χ2v) is 17.6. The first kappa shape index (κ1) is 15.0. The molecule has 0 aliphatic heterocycles. The summed E-state index contributed by atoms with van der Waals surface area (Å²) in [7, 11) is 6.81. The molecule has 0 saturated carbocycles. The molecule has 0 spiro atoms. The van der Waals surface area contributed by atoms with Crippen molar-refractivity contribution in [2.75, 3.05) is 0 Å². The van der Waals surface area contributed by atoms with Crippen LogP contribution >= 0.6 is 40.2 Å². The molecule has 0 N–H and O–H groups in total. The van der Waals surface area contributed by atoms with Crippen LogP contribution in [0.2, 0.25) is 0 Å². The Labute approximate surface area is 137 Å². The summed E-state index contributed by atoms with van der Waals surface area (Å²) in [6, 6.07) is 12.9. The molecule has 0 aliphatic carbocycles. The monoisotopic (exact) mass is 578 g/mol. The fourth-order valence-corrected chi connectivity index (χ4v) is 18.4. The van der Waals surface area contributed by atoms with Crippen LogP contribution in [0.4, 0.5) is 0 Å². The molecule has 4 heteroatoms.